The lowest BCUT2D eigenvalue weighted by atomic mass is 10.3. The molecule has 1 aromatic carbocycles. The number of hydrogen-bond donors (Lipinski definition) is 1. The number of aromatic nitrogens is 3. The first kappa shape index (κ1) is 11.4. The van der Waals surface area contributed by atoms with Crippen LogP contribution in [0.5, 0.6) is 11.6 Å². The maximum absolute atomic E-state index is 13.2. The maximum Gasteiger partial charge on any atom is 0.238 e. The quantitative estimate of drug-likeness (QED) is 0.826. The first-order chi connectivity index (χ1) is 8.20. The largest absolute Gasteiger partial charge is 0.438 e. The Bertz CT molecular complexity index is 512. The first-order valence-corrected chi connectivity index (χ1v) is 5.32. The van der Waals surface area contributed by atoms with E-state index in [4.69, 9.17) is 10.5 Å². The maximum atomic E-state index is 13.2. The summed E-state index contributed by atoms with van der Waals surface area (Å²) in [5.41, 5.74) is 5.47. The fraction of sp³-hybridized carbons (Fsp3) is 0.273. The predicted molar refractivity (Wildman–Crippen MR) is 61.2 cm³/mol. The van der Waals surface area contributed by atoms with Gasteiger partial charge in [0.2, 0.25) is 5.88 Å². The second kappa shape index (κ2) is 4.82. The molecule has 0 fully saturated rings. The lowest BCUT2D eigenvalue weighted by Crippen LogP contribution is -2.02. The van der Waals surface area contributed by atoms with Gasteiger partial charge in [0, 0.05) is 12.6 Å². The Morgan fingerprint density at radius 1 is 1.47 bits per heavy atom. The van der Waals surface area contributed by atoms with Crippen LogP contribution < -0.4 is 10.5 Å². The molecule has 0 saturated heterocycles. The Morgan fingerprint density at radius 2 is 2.29 bits per heavy atom. The van der Waals surface area contributed by atoms with Gasteiger partial charge in [-0.3, -0.25) is 0 Å². The van der Waals surface area contributed by atoms with E-state index in [0.29, 0.717) is 18.2 Å². The third-order valence-electron chi connectivity index (χ3n) is 2.21. The van der Waals surface area contributed by atoms with E-state index in [-0.39, 0.29) is 5.69 Å². The smallest absolute Gasteiger partial charge is 0.238 e. The van der Waals surface area contributed by atoms with E-state index in [1.807, 2.05) is 6.92 Å². The van der Waals surface area contributed by atoms with E-state index in [2.05, 4.69) is 10.3 Å². The molecule has 0 unspecified atom stereocenters. The van der Waals surface area contributed by atoms with Gasteiger partial charge in [-0.15, -0.1) is 5.10 Å². The van der Waals surface area contributed by atoms with Crippen LogP contribution in [0.2, 0.25) is 0 Å². The summed E-state index contributed by atoms with van der Waals surface area (Å²) in [6.07, 6.45) is 2.40. The van der Waals surface area contributed by atoms with E-state index >= 15 is 0 Å². The number of nitrogen functional groups attached to an aromatic ring is 1. The summed E-state index contributed by atoms with van der Waals surface area (Å²) in [5.74, 6) is 0.351. The van der Waals surface area contributed by atoms with Crippen LogP contribution in [-0.4, -0.2) is 15.0 Å². The lowest BCUT2D eigenvalue weighted by molar-refractivity contribution is 0.405. The SMILES string of the molecule is CCCn1nncc1Oc1ccc(N)c(F)c1. The molecule has 0 amide bonds. The molecule has 17 heavy (non-hydrogen) atoms. The zero-order chi connectivity index (χ0) is 12.3. The molecular weight excluding hydrogens is 223 g/mol. The van der Waals surface area contributed by atoms with Gasteiger partial charge in [-0.05, 0) is 18.6 Å². The van der Waals surface area contributed by atoms with E-state index in [1.165, 1.54) is 18.3 Å². The van der Waals surface area contributed by atoms with E-state index in [9.17, 15) is 4.39 Å². The molecule has 2 rings (SSSR count). The Balaban J connectivity index is 2.19. The van der Waals surface area contributed by atoms with Gasteiger partial charge in [-0.25, -0.2) is 9.07 Å². The zero-order valence-corrected chi connectivity index (χ0v) is 9.43. The standard InChI is InChI=1S/C11H13FN4O/c1-2-5-16-11(7-14-15-16)17-8-3-4-10(13)9(12)6-8/h3-4,6-7H,2,5,13H2,1H3. The van der Waals surface area contributed by atoms with Crippen LogP contribution in [0.25, 0.3) is 0 Å². The molecule has 6 heteroatoms. The summed E-state index contributed by atoms with van der Waals surface area (Å²) < 4.78 is 20.3. The molecule has 1 heterocycles. The van der Waals surface area contributed by atoms with Gasteiger partial charge in [0.25, 0.3) is 0 Å². The Morgan fingerprint density at radius 3 is 3.00 bits per heavy atom. The molecule has 0 saturated carbocycles. The number of halogens is 1. The number of nitrogens with zero attached hydrogens (tertiary/aromatic N) is 3. The van der Waals surface area contributed by atoms with Gasteiger partial charge >= 0.3 is 0 Å². The molecule has 0 radical (unpaired) electrons. The van der Waals surface area contributed by atoms with Gasteiger partial charge in [0.1, 0.15) is 17.8 Å². The highest BCUT2D eigenvalue weighted by Crippen LogP contribution is 2.23. The Labute approximate surface area is 98.0 Å². The highest BCUT2D eigenvalue weighted by molar-refractivity contribution is 5.44. The van der Waals surface area contributed by atoms with Crippen LogP contribution in [0.1, 0.15) is 13.3 Å². The van der Waals surface area contributed by atoms with E-state index < -0.39 is 5.82 Å². The van der Waals surface area contributed by atoms with Crippen LogP contribution in [0.3, 0.4) is 0 Å². The number of anilines is 1. The summed E-state index contributed by atoms with van der Waals surface area (Å²) in [6, 6.07) is 4.29. The number of aryl methyl sites for hydroxylation is 1. The average molecular weight is 236 g/mol. The molecule has 0 aliphatic carbocycles. The van der Waals surface area contributed by atoms with Gasteiger partial charge in [0.05, 0.1) is 5.69 Å². The van der Waals surface area contributed by atoms with E-state index in [1.54, 1.807) is 10.7 Å². The van der Waals surface area contributed by atoms with Crippen molar-refractivity contribution in [2.45, 2.75) is 19.9 Å². The van der Waals surface area contributed by atoms with Crippen molar-refractivity contribution in [3.8, 4) is 11.6 Å². The second-order valence-corrected chi connectivity index (χ2v) is 3.58. The summed E-state index contributed by atoms with van der Waals surface area (Å²) in [7, 11) is 0. The number of nitrogens with two attached hydrogens (primary N) is 1. The highest BCUT2D eigenvalue weighted by Gasteiger charge is 2.07. The summed E-state index contributed by atoms with van der Waals surface area (Å²) >= 11 is 0. The van der Waals surface area contributed by atoms with Crippen molar-refractivity contribution in [3.05, 3.63) is 30.2 Å². The summed E-state index contributed by atoms with van der Waals surface area (Å²) in [5, 5.41) is 7.61. The van der Waals surface area contributed by atoms with Crippen molar-refractivity contribution in [3.63, 3.8) is 0 Å². The molecule has 1 aromatic heterocycles. The first-order valence-electron chi connectivity index (χ1n) is 5.32. The monoisotopic (exact) mass is 236 g/mol. The van der Waals surface area contributed by atoms with Gasteiger partial charge < -0.3 is 10.5 Å². The molecule has 90 valence electrons. The zero-order valence-electron chi connectivity index (χ0n) is 9.43. The molecule has 0 bridgehead atoms. The van der Waals surface area contributed by atoms with Crippen molar-refractivity contribution in [1.82, 2.24) is 15.0 Å². The fourth-order valence-electron chi connectivity index (χ4n) is 1.39. The van der Waals surface area contributed by atoms with Crippen molar-refractivity contribution in [2.24, 2.45) is 0 Å². The molecule has 2 N–H and O–H groups in total. The summed E-state index contributed by atoms with van der Waals surface area (Å²) in [6.45, 7) is 2.72. The van der Waals surface area contributed by atoms with Crippen LogP contribution in [-0.2, 0) is 6.54 Å². The number of rotatable bonds is 4. The number of hydrogen-bond acceptors (Lipinski definition) is 4. The Kier molecular flexibility index (Phi) is 3.22. The number of benzene rings is 1. The molecule has 0 spiro atoms. The van der Waals surface area contributed by atoms with Gasteiger partial charge in [-0.1, -0.05) is 12.1 Å². The van der Waals surface area contributed by atoms with Crippen LogP contribution in [0.4, 0.5) is 10.1 Å². The van der Waals surface area contributed by atoms with Crippen molar-refractivity contribution >= 4 is 5.69 Å². The van der Waals surface area contributed by atoms with Crippen molar-refractivity contribution < 1.29 is 9.13 Å². The average Bonchev–Trinajstić information content (AvgIpc) is 2.72. The van der Waals surface area contributed by atoms with Crippen LogP contribution >= 0.6 is 0 Å². The van der Waals surface area contributed by atoms with Crippen LogP contribution in [0, 0.1) is 5.82 Å². The number of ether oxygens (including phenoxy) is 1. The van der Waals surface area contributed by atoms with Crippen molar-refractivity contribution in [1.29, 1.82) is 0 Å². The fourth-order valence-corrected chi connectivity index (χ4v) is 1.39. The van der Waals surface area contributed by atoms with Gasteiger partial charge in [0.15, 0.2) is 0 Å². The minimum absolute atomic E-state index is 0.0949. The molecule has 2 aromatic rings. The molecule has 0 aliphatic rings. The highest BCUT2D eigenvalue weighted by atomic mass is 19.1. The molecular formula is C11H13FN4O. The molecule has 0 atom stereocenters. The topological polar surface area (TPSA) is 66.0 Å². The minimum Gasteiger partial charge on any atom is -0.438 e. The molecule has 5 nitrogen and oxygen atoms in total. The van der Waals surface area contributed by atoms with E-state index in [0.717, 1.165) is 6.42 Å². The third kappa shape index (κ3) is 2.52. The second-order valence-electron chi connectivity index (χ2n) is 3.58. The Hall–Kier alpha value is -2.11. The van der Waals surface area contributed by atoms with Crippen LogP contribution in [0.15, 0.2) is 24.4 Å². The predicted octanol–water partition coefficient (Wildman–Crippen LogP) is 2.20. The third-order valence-corrected chi connectivity index (χ3v) is 2.21. The normalized spacial score (nSPS) is 10.5. The minimum atomic E-state index is -0.503. The lowest BCUT2D eigenvalue weighted by Gasteiger charge is -2.07. The molecule has 0 aliphatic heterocycles. The van der Waals surface area contributed by atoms with Gasteiger partial charge in [-0.2, -0.15) is 0 Å². The summed E-state index contributed by atoms with van der Waals surface area (Å²) in [4.78, 5) is 0. The van der Waals surface area contributed by atoms with Crippen molar-refractivity contribution in [2.75, 3.05) is 5.73 Å².